The second-order valence-corrected chi connectivity index (χ2v) is 3.67. The Bertz CT molecular complexity index is 287. The van der Waals surface area contributed by atoms with Gasteiger partial charge in [-0.15, -0.1) is 0 Å². The van der Waals surface area contributed by atoms with Gasteiger partial charge in [0, 0.05) is 13.1 Å². The van der Waals surface area contributed by atoms with E-state index in [1.165, 1.54) is 10.5 Å². The van der Waals surface area contributed by atoms with Gasteiger partial charge in [-0.25, -0.2) is 4.90 Å². The average Bonchev–Trinajstić information content (AvgIpc) is 2.68. The van der Waals surface area contributed by atoms with E-state index in [1.54, 1.807) is 0 Å². The highest BCUT2D eigenvalue weighted by molar-refractivity contribution is 5.20. The highest BCUT2D eigenvalue weighted by Crippen LogP contribution is 2.28. The molecule has 0 saturated carbocycles. The summed E-state index contributed by atoms with van der Waals surface area (Å²) in [5, 5.41) is 0. The van der Waals surface area contributed by atoms with Crippen LogP contribution in [0.2, 0.25) is 0 Å². The molecular formula is C11H13F2N. The summed E-state index contributed by atoms with van der Waals surface area (Å²) in [6.07, 6.45) is 0.842. The van der Waals surface area contributed by atoms with Crippen molar-refractivity contribution in [2.45, 2.75) is 18.9 Å². The predicted octanol–water partition coefficient (Wildman–Crippen LogP) is 2.70. The minimum absolute atomic E-state index is 0.283. The molecule has 0 spiro atoms. The van der Waals surface area contributed by atoms with Crippen LogP contribution in [0.5, 0.6) is 0 Å². The first-order valence-corrected chi connectivity index (χ1v) is 4.84. The first kappa shape index (κ1) is 9.59. The fourth-order valence-electron chi connectivity index (χ4n) is 1.96. The Morgan fingerprint density at radius 3 is 2.50 bits per heavy atom. The third kappa shape index (κ3) is 1.93. The standard InChI is InChI=1S/C11H13F2N/c12-11(13)14-7-6-10(8-14)9-4-2-1-3-5-9/h1-5,10-11H,6-8H2. The van der Waals surface area contributed by atoms with Gasteiger partial charge in [0.1, 0.15) is 0 Å². The summed E-state index contributed by atoms with van der Waals surface area (Å²) in [6.45, 7) is -1.30. The molecule has 1 aromatic carbocycles. The number of hydrogen-bond acceptors (Lipinski definition) is 1. The van der Waals surface area contributed by atoms with E-state index >= 15 is 0 Å². The largest absolute Gasteiger partial charge is 0.294 e. The third-order valence-electron chi connectivity index (χ3n) is 2.77. The van der Waals surface area contributed by atoms with E-state index < -0.39 is 6.55 Å². The van der Waals surface area contributed by atoms with Gasteiger partial charge < -0.3 is 0 Å². The molecule has 2 rings (SSSR count). The molecular weight excluding hydrogens is 184 g/mol. The summed E-state index contributed by atoms with van der Waals surface area (Å²) in [5.41, 5.74) is 1.18. The van der Waals surface area contributed by atoms with Gasteiger partial charge in [-0.05, 0) is 17.9 Å². The fourth-order valence-corrected chi connectivity index (χ4v) is 1.96. The Hall–Kier alpha value is -0.960. The van der Waals surface area contributed by atoms with Gasteiger partial charge >= 0.3 is 0 Å². The average molecular weight is 197 g/mol. The van der Waals surface area contributed by atoms with Crippen molar-refractivity contribution in [3.05, 3.63) is 35.9 Å². The lowest BCUT2D eigenvalue weighted by Gasteiger charge is -2.14. The lowest BCUT2D eigenvalue weighted by atomic mass is 9.99. The van der Waals surface area contributed by atoms with E-state index in [0.29, 0.717) is 13.1 Å². The van der Waals surface area contributed by atoms with E-state index in [2.05, 4.69) is 0 Å². The van der Waals surface area contributed by atoms with Crippen LogP contribution >= 0.6 is 0 Å². The van der Waals surface area contributed by atoms with Crippen LogP contribution in [0, 0.1) is 0 Å². The Balaban J connectivity index is 2.03. The van der Waals surface area contributed by atoms with Gasteiger partial charge in [-0.3, -0.25) is 0 Å². The van der Waals surface area contributed by atoms with Crippen molar-refractivity contribution in [2.24, 2.45) is 0 Å². The molecule has 1 saturated heterocycles. The van der Waals surface area contributed by atoms with E-state index in [9.17, 15) is 8.78 Å². The van der Waals surface area contributed by atoms with Crippen LogP contribution < -0.4 is 0 Å². The van der Waals surface area contributed by atoms with Gasteiger partial charge in [-0.2, -0.15) is 8.78 Å². The summed E-state index contributed by atoms with van der Waals surface area (Å²) in [7, 11) is 0. The van der Waals surface area contributed by atoms with Crippen molar-refractivity contribution in [1.29, 1.82) is 0 Å². The molecule has 0 aliphatic carbocycles. The fraction of sp³-hybridized carbons (Fsp3) is 0.455. The van der Waals surface area contributed by atoms with Crippen LogP contribution in [-0.2, 0) is 0 Å². The van der Waals surface area contributed by atoms with Crippen LogP contribution in [0.25, 0.3) is 0 Å². The van der Waals surface area contributed by atoms with Gasteiger partial charge in [0.2, 0.25) is 0 Å². The summed E-state index contributed by atoms with van der Waals surface area (Å²) in [5.74, 6) is 0.283. The molecule has 1 aliphatic heterocycles. The number of halogens is 2. The lowest BCUT2D eigenvalue weighted by Crippen LogP contribution is -2.25. The monoisotopic (exact) mass is 197 g/mol. The van der Waals surface area contributed by atoms with Crippen molar-refractivity contribution in [3.63, 3.8) is 0 Å². The minimum Gasteiger partial charge on any atom is -0.247 e. The number of benzene rings is 1. The number of hydrogen-bond donors (Lipinski definition) is 0. The van der Waals surface area contributed by atoms with Crippen molar-refractivity contribution >= 4 is 0 Å². The second-order valence-electron chi connectivity index (χ2n) is 3.67. The first-order valence-electron chi connectivity index (χ1n) is 4.84. The van der Waals surface area contributed by atoms with E-state index in [-0.39, 0.29) is 5.92 Å². The number of likely N-dealkylation sites (tertiary alicyclic amines) is 1. The SMILES string of the molecule is FC(F)N1CCC(c2ccccc2)C1. The molecule has 0 bridgehead atoms. The molecule has 14 heavy (non-hydrogen) atoms. The lowest BCUT2D eigenvalue weighted by molar-refractivity contribution is -0.0117. The summed E-state index contributed by atoms with van der Waals surface area (Å²) in [6, 6.07) is 9.89. The molecule has 76 valence electrons. The smallest absolute Gasteiger partial charge is 0.247 e. The van der Waals surface area contributed by atoms with Crippen molar-refractivity contribution in [3.8, 4) is 0 Å². The second kappa shape index (κ2) is 4.05. The van der Waals surface area contributed by atoms with Gasteiger partial charge in [-0.1, -0.05) is 30.3 Å². The Morgan fingerprint density at radius 2 is 1.93 bits per heavy atom. The molecule has 1 aliphatic rings. The van der Waals surface area contributed by atoms with Crippen LogP contribution in [0.1, 0.15) is 17.9 Å². The van der Waals surface area contributed by atoms with Gasteiger partial charge in [0.25, 0.3) is 6.55 Å². The molecule has 1 fully saturated rings. The minimum atomic E-state index is -2.30. The predicted molar refractivity (Wildman–Crippen MR) is 51.4 cm³/mol. The van der Waals surface area contributed by atoms with Crippen molar-refractivity contribution in [1.82, 2.24) is 4.90 Å². The number of nitrogens with zero attached hydrogens (tertiary/aromatic N) is 1. The summed E-state index contributed by atoms with van der Waals surface area (Å²) in [4.78, 5) is 1.23. The van der Waals surface area contributed by atoms with Crippen LogP contribution in [-0.4, -0.2) is 24.5 Å². The zero-order valence-electron chi connectivity index (χ0n) is 7.87. The molecule has 1 heterocycles. The van der Waals surface area contributed by atoms with E-state index in [4.69, 9.17) is 0 Å². The maximum absolute atomic E-state index is 12.4. The first-order chi connectivity index (χ1) is 6.77. The van der Waals surface area contributed by atoms with E-state index in [1.807, 2.05) is 30.3 Å². The molecule has 1 nitrogen and oxygen atoms in total. The molecule has 0 radical (unpaired) electrons. The molecule has 1 aromatic rings. The molecule has 1 unspecified atom stereocenters. The topological polar surface area (TPSA) is 3.24 Å². The highest BCUT2D eigenvalue weighted by atomic mass is 19.3. The van der Waals surface area contributed by atoms with Crippen molar-refractivity contribution in [2.75, 3.05) is 13.1 Å². The maximum Gasteiger partial charge on any atom is 0.294 e. The molecule has 0 aromatic heterocycles. The van der Waals surface area contributed by atoms with Crippen molar-refractivity contribution < 1.29 is 8.78 Å². The van der Waals surface area contributed by atoms with E-state index in [0.717, 1.165) is 6.42 Å². The quantitative estimate of drug-likeness (QED) is 0.659. The number of alkyl halides is 2. The zero-order chi connectivity index (χ0) is 9.97. The highest BCUT2D eigenvalue weighted by Gasteiger charge is 2.28. The maximum atomic E-state index is 12.4. The van der Waals surface area contributed by atoms with Crippen LogP contribution in [0.4, 0.5) is 8.78 Å². The molecule has 1 atom stereocenters. The number of rotatable bonds is 2. The normalized spacial score (nSPS) is 23.2. The Morgan fingerprint density at radius 1 is 1.21 bits per heavy atom. The molecule has 0 N–H and O–H groups in total. The Kier molecular flexibility index (Phi) is 2.77. The van der Waals surface area contributed by atoms with Crippen LogP contribution in [0.15, 0.2) is 30.3 Å². The van der Waals surface area contributed by atoms with Gasteiger partial charge in [0.05, 0.1) is 0 Å². The third-order valence-corrected chi connectivity index (χ3v) is 2.77. The molecule has 0 amide bonds. The Labute approximate surface area is 82.3 Å². The molecule has 3 heteroatoms. The van der Waals surface area contributed by atoms with Gasteiger partial charge in [0.15, 0.2) is 0 Å². The zero-order valence-corrected chi connectivity index (χ0v) is 7.87. The summed E-state index contributed by atoms with van der Waals surface area (Å²) < 4.78 is 24.7. The summed E-state index contributed by atoms with van der Waals surface area (Å²) >= 11 is 0. The van der Waals surface area contributed by atoms with Crippen LogP contribution in [0.3, 0.4) is 0 Å².